The summed E-state index contributed by atoms with van der Waals surface area (Å²) >= 11 is 5.56. The Bertz CT molecular complexity index is 456. The van der Waals surface area contributed by atoms with Crippen LogP contribution in [-0.2, 0) is 6.42 Å². The molecule has 1 atom stereocenters. The van der Waals surface area contributed by atoms with Crippen LogP contribution in [0.15, 0.2) is 35.0 Å². The fourth-order valence-electron chi connectivity index (χ4n) is 1.73. The minimum atomic E-state index is 0.432. The van der Waals surface area contributed by atoms with Gasteiger partial charge in [0.1, 0.15) is 0 Å². The molecule has 0 fully saturated rings. The maximum Gasteiger partial charge on any atom is 0.0446 e. The van der Waals surface area contributed by atoms with E-state index in [1.807, 2.05) is 0 Å². The highest BCUT2D eigenvalue weighted by atomic mass is 79.9. The standard InChI is InChI=1S/C14H15BrS/c1-10-3-5-12(6-4-10)7-14(15)13-9-16-8-11(13)2/h3-6,8-9,14H,7H2,1-2H3. The molecule has 2 rings (SSSR count). The lowest BCUT2D eigenvalue weighted by Crippen LogP contribution is -1.95. The van der Waals surface area contributed by atoms with Gasteiger partial charge in [0.2, 0.25) is 0 Å². The van der Waals surface area contributed by atoms with Crippen molar-refractivity contribution in [3.63, 3.8) is 0 Å². The van der Waals surface area contributed by atoms with Gasteiger partial charge in [-0.3, -0.25) is 0 Å². The number of halogens is 1. The van der Waals surface area contributed by atoms with Crippen LogP contribution in [0.25, 0.3) is 0 Å². The van der Waals surface area contributed by atoms with Gasteiger partial charge >= 0.3 is 0 Å². The van der Waals surface area contributed by atoms with Gasteiger partial charge in [-0.05, 0) is 47.7 Å². The second-order valence-electron chi connectivity index (χ2n) is 4.17. The molecule has 1 unspecified atom stereocenters. The quantitative estimate of drug-likeness (QED) is 0.696. The third-order valence-corrected chi connectivity index (χ3v) is 4.46. The van der Waals surface area contributed by atoms with E-state index in [-0.39, 0.29) is 0 Å². The van der Waals surface area contributed by atoms with Crippen molar-refractivity contribution in [1.82, 2.24) is 0 Å². The van der Waals surface area contributed by atoms with Crippen molar-refractivity contribution in [2.24, 2.45) is 0 Å². The summed E-state index contributed by atoms with van der Waals surface area (Å²) in [6, 6.07) is 8.78. The number of hydrogen-bond donors (Lipinski definition) is 0. The summed E-state index contributed by atoms with van der Waals surface area (Å²) in [5.74, 6) is 0. The summed E-state index contributed by atoms with van der Waals surface area (Å²) < 4.78 is 0. The van der Waals surface area contributed by atoms with E-state index < -0.39 is 0 Å². The predicted octanol–water partition coefficient (Wildman–Crippen LogP) is 5.04. The van der Waals surface area contributed by atoms with E-state index in [0.717, 1.165) is 6.42 Å². The highest BCUT2D eigenvalue weighted by Gasteiger charge is 2.11. The van der Waals surface area contributed by atoms with E-state index in [0.29, 0.717) is 4.83 Å². The lowest BCUT2D eigenvalue weighted by atomic mass is 10.0. The van der Waals surface area contributed by atoms with Gasteiger partial charge in [0, 0.05) is 4.83 Å². The first kappa shape index (κ1) is 11.9. The first-order valence-electron chi connectivity index (χ1n) is 5.39. The second-order valence-corrected chi connectivity index (χ2v) is 6.02. The van der Waals surface area contributed by atoms with E-state index in [1.165, 1.54) is 22.3 Å². The van der Waals surface area contributed by atoms with Gasteiger partial charge in [0.15, 0.2) is 0 Å². The summed E-state index contributed by atoms with van der Waals surface area (Å²) in [6.45, 7) is 4.30. The zero-order valence-corrected chi connectivity index (χ0v) is 11.9. The number of aryl methyl sites for hydroxylation is 2. The van der Waals surface area contributed by atoms with E-state index >= 15 is 0 Å². The van der Waals surface area contributed by atoms with Crippen LogP contribution < -0.4 is 0 Å². The normalized spacial score (nSPS) is 12.7. The molecule has 1 aromatic heterocycles. The van der Waals surface area contributed by atoms with Gasteiger partial charge in [0.25, 0.3) is 0 Å². The second kappa shape index (κ2) is 5.15. The van der Waals surface area contributed by atoms with Gasteiger partial charge in [-0.2, -0.15) is 11.3 Å². The van der Waals surface area contributed by atoms with Crippen molar-refractivity contribution in [2.75, 3.05) is 0 Å². The number of hydrogen-bond acceptors (Lipinski definition) is 1. The lowest BCUT2D eigenvalue weighted by Gasteiger charge is -2.10. The smallest absolute Gasteiger partial charge is 0.0446 e. The number of thiophene rings is 1. The Kier molecular flexibility index (Phi) is 3.82. The Morgan fingerprint density at radius 1 is 1.12 bits per heavy atom. The molecular weight excluding hydrogens is 280 g/mol. The molecule has 0 amide bonds. The molecule has 1 aromatic carbocycles. The van der Waals surface area contributed by atoms with Crippen LogP contribution in [0, 0.1) is 13.8 Å². The van der Waals surface area contributed by atoms with Gasteiger partial charge in [0.05, 0.1) is 0 Å². The van der Waals surface area contributed by atoms with Crippen LogP contribution in [0.3, 0.4) is 0 Å². The van der Waals surface area contributed by atoms with Crippen LogP contribution in [0.4, 0.5) is 0 Å². The minimum Gasteiger partial charge on any atom is -0.152 e. The summed E-state index contributed by atoms with van der Waals surface area (Å²) in [4.78, 5) is 0.432. The number of benzene rings is 1. The molecule has 0 bridgehead atoms. The zero-order chi connectivity index (χ0) is 11.5. The van der Waals surface area contributed by atoms with Gasteiger partial charge in [-0.15, -0.1) is 0 Å². The highest BCUT2D eigenvalue weighted by molar-refractivity contribution is 9.09. The van der Waals surface area contributed by atoms with Crippen molar-refractivity contribution in [2.45, 2.75) is 25.1 Å². The first-order valence-corrected chi connectivity index (χ1v) is 7.25. The third kappa shape index (κ3) is 2.74. The van der Waals surface area contributed by atoms with Crippen LogP contribution in [-0.4, -0.2) is 0 Å². The Morgan fingerprint density at radius 2 is 1.81 bits per heavy atom. The lowest BCUT2D eigenvalue weighted by molar-refractivity contribution is 0.944. The Hall–Kier alpha value is -0.600. The number of rotatable bonds is 3. The molecule has 0 nitrogen and oxygen atoms in total. The molecule has 0 saturated heterocycles. The van der Waals surface area contributed by atoms with Crippen LogP contribution >= 0.6 is 27.3 Å². The predicted molar refractivity (Wildman–Crippen MR) is 75.6 cm³/mol. The highest BCUT2D eigenvalue weighted by Crippen LogP contribution is 2.31. The summed E-state index contributed by atoms with van der Waals surface area (Å²) in [5, 5.41) is 4.45. The summed E-state index contributed by atoms with van der Waals surface area (Å²) in [7, 11) is 0. The topological polar surface area (TPSA) is 0 Å². The monoisotopic (exact) mass is 294 g/mol. The van der Waals surface area contributed by atoms with Crippen molar-refractivity contribution in [1.29, 1.82) is 0 Å². The molecule has 0 N–H and O–H groups in total. The third-order valence-electron chi connectivity index (χ3n) is 2.77. The first-order chi connectivity index (χ1) is 7.66. The Morgan fingerprint density at radius 3 is 2.38 bits per heavy atom. The molecule has 16 heavy (non-hydrogen) atoms. The molecule has 2 heteroatoms. The fraction of sp³-hybridized carbons (Fsp3) is 0.286. The zero-order valence-electron chi connectivity index (χ0n) is 9.53. The molecular formula is C14H15BrS. The van der Waals surface area contributed by atoms with E-state index in [2.05, 4.69) is 64.8 Å². The molecule has 0 spiro atoms. The summed E-state index contributed by atoms with van der Waals surface area (Å²) in [6.07, 6.45) is 1.05. The van der Waals surface area contributed by atoms with Crippen LogP contribution in [0.1, 0.15) is 27.1 Å². The number of alkyl halides is 1. The molecule has 0 radical (unpaired) electrons. The van der Waals surface area contributed by atoms with Gasteiger partial charge < -0.3 is 0 Å². The summed E-state index contributed by atoms with van der Waals surface area (Å²) in [5.41, 5.74) is 5.52. The average molecular weight is 295 g/mol. The maximum atomic E-state index is 3.78. The van der Waals surface area contributed by atoms with Crippen LogP contribution in [0.2, 0.25) is 0 Å². The van der Waals surface area contributed by atoms with E-state index in [4.69, 9.17) is 0 Å². The van der Waals surface area contributed by atoms with Crippen molar-refractivity contribution in [3.8, 4) is 0 Å². The molecule has 0 saturated carbocycles. The molecule has 84 valence electrons. The molecule has 1 heterocycles. The van der Waals surface area contributed by atoms with Crippen molar-refractivity contribution in [3.05, 3.63) is 57.3 Å². The molecule has 2 aromatic rings. The minimum absolute atomic E-state index is 0.432. The van der Waals surface area contributed by atoms with E-state index in [9.17, 15) is 0 Å². The largest absolute Gasteiger partial charge is 0.152 e. The maximum absolute atomic E-state index is 3.78. The average Bonchev–Trinajstić information content (AvgIpc) is 2.68. The van der Waals surface area contributed by atoms with E-state index in [1.54, 1.807) is 11.3 Å². The molecule has 0 aliphatic carbocycles. The fourth-order valence-corrected chi connectivity index (χ4v) is 3.68. The van der Waals surface area contributed by atoms with Gasteiger partial charge in [-0.1, -0.05) is 45.8 Å². The Balaban J connectivity index is 2.10. The Labute approximate surface area is 109 Å². The van der Waals surface area contributed by atoms with Gasteiger partial charge in [-0.25, -0.2) is 0 Å². The van der Waals surface area contributed by atoms with Crippen molar-refractivity contribution >= 4 is 27.3 Å². The SMILES string of the molecule is Cc1ccc(CC(Br)c2cscc2C)cc1. The molecule has 0 aliphatic heterocycles. The van der Waals surface area contributed by atoms with Crippen molar-refractivity contribution < 1.29 is 0 Å². The van der Waals surface area contributed by atoms with Crippen LogP contribution in [0.5, 0.6) is 0 Å². The molecule has 0 aliphatic rings.